The molecule has 2 heteroatoms. The van der Waals surface area contributed by atoms with Gasteiger partial charge in [-0.1, -0.05) is 39.8 Å². The Kier molecular flexibility index (Phi) is 22.9. The van der Waals surface area contributed by atoms with Crippen molar-refractivity contribution >= 4 is 12.2 Å². The number of allylic oxidation sites excluding steroid dienone is 2. The Morgan fingerprint density at radius 3 is 2.00 bits per heavy atom. The van der Waals surface area contributed by atoms with Gasteiger partial charge in [0.05, 0.1) is 22.8 Å². The van der Waals surface area contributed by atoms with Gasteiger partial charge in [0.2, 0.25) is 0 Å². The average Bonchev–Trinajstić information content (AvgIpc) is 2.61. The number of terminal acetylenes is 2. The van der Waals surface area contributed by atoms with Crippen LogP contribution in [0.3, 0.4) is 0 Å². The first-order valence-corrected chi connectivity index (χ1v) is 8.55. The zero-order valence-electron chi connectivity index (χ0n) is 16.8. The molecule has 0 radical (unpaired) electrons. The van der Waals surface area contributed by atoms with Crippen molar-refractivity contribution in [2.45, 2.75) is 68.2 Å². The molecule has 0 aliphatic heterocycles. The van der Waals surface area contributed by atoms with E-state index in [4.69, 9.17) is 0 Å². The molecule has 0 saturated carbocycles. The lowest BCUT2D eigenvalue weighted by atomic mass is 10.1. The molecular weight excluding hydrogens is 292 g/mol. The molecule has 0 saturated heterocycles. The van der Waals surface area contributed by atoms with Gasteiger partial charge < -0.3 is 0 Å². The van der Waals surface area contributed by atoms with E-state index in [1.54, 1.807) is 13.8 Å². The minimum absolute atomic E-state index is 0.984. The molecule has 1 aliphatic rings. The normalized spacial score (nSPS) is 9.75. The third-order valence-electron chi connectivity index (χ3n) is 2.36. The first-order chi connectivity index (χ1) is 11.6. The average molecular weight is 327 g/mol. The Bertz CT molecular complexity index is 540. The lowest BCUT2D eigenvalue weighted by Gasteiger charge is -2.10. The largest absolute Gasteiger partial charge is 0.254 e. The maximum atomic E-state index is 4.60. The highest BCUT2D eigenvalue weighted by Gasteiger charge is 2.09. The first kappa shape index (κ1) is 26.6. The van der Waals surface area contributed by atoms with Gasteiger partial charge in [-0.05, 0) is 52.7 Å². The fourth-order valence-electron chi connectivity index (χ4n) is 1.64. The number of rotatable bonds is 1. The van der Waals surface area contributed by atoms with Crippen LogP contribution in [0, 0.1) is 31.6 Å². The van der Waals surface area contributed by atoms with E-state index in [1.165, 1.54) is 0 Å². The summed E-state index contributed by atoms with van der Waals surface area (Å²) < 4.78 is 0. The van der Waals surface area contributed by atoms with Crippen molar-refractivity contribution in [1.29, 1.82) is 0 Å². The summed E-state index contributed by atoms with van der Waals surface area (Å²) in [6.45, 7) is 15.3. The quantitative estimate of drug-likeness (QED) is 0.582. The smallest absolute Gasteiger partial charge is 0.0849 e. The summed E-state index contributed by atoms with van der Waals surface area (Å²) >= 11 is 0. The molecule has 24 heavy (non-hydrogen) atoms. The molecule has 0 N–H and O–H groups in total. The summed E-state index contributed by atoms with van der Waals surface area (Å²) in [5, 5.41) is 0. The highest BCUT2D eigenvalue weighted by molar-refractivity contribution is 5.55. The Hall–Kier alpha value is -2.32. The molecule has 132 valence electrons. The number of aromatic nitrogens is 2. The van der Waals surface area contributed by atoms with Gasteiger partial charge in [-0.25, -0.2) is 4.98 Å². The van der Waals surface area contributed by atoms with Crippen LogP contribution in [-0.2, 0) is 6.42 Å². The van der Waals surface area contributed by atoms with Gasteiger partial charge in [0.25, 0.3) is 0 Å². The van der Waals surface area contributed by atoms with Crippen molar-refractivity contribution in [3.63, 3.8) is 0 Å². The minimum Gasteiger partial charge on any atom is -0.254 e. The molecular formula is C22H34N2. The second-order valence-electron chi connectivity index (χ2n) is 4.04. The topological polar surface area (TPSA) is 25.8 Å². The standard InChI is InChI=1S/C12H14N2.2C3H4.2C2H6/c1-3-6-10-9(2)13-11-7-4-5-8-12(11)14-10;2*1-3-2;2*1-2/h3,5-6,8H,4,7H2,1-2H3;2*1H,2H3;2*1-2H3/b6-3-;;;;. The maximum Gasteiger partial charge on any atom is 0.0849 e. The second kappa shape index (κ2) is 20.7. The van der Waals surface area contributed by atoms with E-state index in [2.05, 4.69) is 46.8 Å². The van der Waals surface area contributed by atoms with Gasteiger partial charge in [0.1, 0.15) is 0 Å². The number of nitrogens with zero attached hydrogens (tertiary/aromatic N) is 2. The van der Waals surface area contributed by atoms with Gasteiger partial charge in [0.15, 0.2) is 0 Å². The van der Waals surface area contributed by atoms with Crippen LogP contribution in [0.1, 0.15) is 77.7 Å². The molecule has 0 atom stereocenters. The Morgan fingerprint density at radius 1 is 1.04 bits per heavy atom. The predicted molar refractivity (Wildman–Crippen MR) is 111 cm³/mol. The van der Waals surface area contributed by atoms with Crippen LogP contribution in [0.15, 0.2) is 12.2 Å². The first-order valence-electron chi connectivity index (χ1n) is 8.55. The van der Waals surface area contributed by atoms with Crippen molar-refractivity contribution in [1.82, 2.24) is 9.97 Å². The van der Waals surface area contributed by atoms with Crippen LogP contribution in [0.25, 0.3) is 12.2 Å². The molecule has 2 rings (SSSR count). The molecule has 1 aliphatic carbocycles. The van der Waals surface area contributed by atoms with E-state index >= 15 is 0 Å². The van der Waals surface area contributed by atoms with E-state index in [9.17, 15) is 0 Å². The summed E-state index contributed by atoms with van der Waals surface area (Å²) in [5.74, 6) is 4.50. The molecule has 0 unspecified atom stereocenters. The fraction of sp³-hybridized carbons (Fsp3) is 0.455. The third-order valence-corrected chi connectivity index (χ3v) is 2.36. The van der Waals surface area contributed by atoms with Crippen LogP contribution >= 0.6 is 0 Å². The Balaban J connectivity index is -0.000000374. The maximum absolute atomic E-state index is 4.60. The summed E-state index contributed by atoms with van der Waals surface area (Å²) in [7, 11) is 0. The van der Waals surface area contributed by atoms with Gasteiger partial charge in [-0.3, -0.25) is 4.98 Å². The van der Waals surface area contributed by atoms with Crippen LogP contribution in [0.2, 0.25) is 0 Å². The number of aryl methyl sites for hydroxylation is 2. The van der Waals surface area contributed by atoms with Crippen molar-refractivity contribution < 1.29 is 0 Å². The van der Waals surface area contributed by atoms with E-state index in [-0.39, 0.29) is 0 Å². The molecule has 1 heterocycles. The van der Waals surface area contributed by atoms with E-state index in [1.807, 2.05) is 53.7 Å². The fourth-order valence-corrected chi connectivity index (χ4v) is 1.64. The van der Waals surface area contributed by atoms with Crippen molar-refractivity contribution in [2.75, 3.05) is 0 Å². The number of hydrogen-bond acceptors (Lipinski definition) is 2. The number of hydrogen-bond donors (Lipinski definition) is 0. The van der Waals surface area contributed by atoms with E-state index in [0.717, 1.165) is 35.6 Å². The van der Waals surface area contributed by atoms with E-state index < -0.39 is 0 Å². The van der Waals surface area contributed by atoms with Gasteiger partial charge in [0, 0.05) is 0 Å². The molecule has 1 aromatic rings. The second-order valence-corrected chi connectivity index (χ2v) is 4.04. The SMILES string of the molecule is C#CC.C#CC.C/C=C\c1nc2c(nc1C)CCC=C2.CC.CC. The molecule has 0 spiro atoms. The third kappa shape index (κ3) is 12.2. The number of fused-ring (bicyclic) bond motifs is 1. The molecule has 0 aromatic carbocycles. The minimum atomic E-state index is 0.984. The molecule has 1 aromatic heterocycles. The summed E-state index contributed by atoms with van der Waals surface area (Å²) in [6, 6.07) is 0. The van der Waals surface area contributed by atoms with Crippen LogP contribution in [-0.4, -0.2) is 9.97 Å². The van der Waals surface area contributed by atoms with Gasteiger partial charge in [-0.2, -0.15) is 0 Å². The zero-order chi connectivity index (χ0) is 19.4. The van der Waals surface area contributed by atoms with Gasteiger partial charge in [-0.15, -0.1) is 24.7 Å². The van der Waals surface area contributed by atoms with Crippen molar-refractivity contribution in [3.8, 4) is 24.7 Å². The monoisotopic (exact) mass is 326 g/mol. The summed E-state index contributed by atoms with van der Waals surface area (Å²) in [6.07, 6.45) is 19.5. The molecule has 0 bridgehead atoms. The van der Waals surface area contributed by atoms with Crippen LogP contribution in [0.4, 0.5) is 0 Å². The lowest BCUT2D eigenvalue weighted by molar-refractivity contribution is 0.882. The van der Waals surface area contributed by atoms with Crippen LogP contribution in [0.5, 0.6) is 0 Å². The van der Waals surface area contributed by atoms with Crippen molar-refractivity contribution in [2.24, 2.45) is 0 Å². The predicted octanol–water partition coefficient (Wildman–Crippen LogP) is 6.11. The Labute approximate surface area is 150 Å². The zero-order valence-corrected chi connectivity index (χ0v) is 16.8. The molecule has 0 amide bonds. The van der Waals surface area contributed by atoms with Gasteiger partial charge >= 0.3 is 0 Å². The highest BCUT2D eigenvalue weighted by atomic mass is 14.8. The lowest BCUT2D eigenvalue weighted by Crippen LogP contribution is -2.04. The summed E-state index contributed by atoms with van der Waals surface area (Å²) in [4.78, 5) is 9.13. The van der Waals surface area contributed by atoms with E-state index in [0.29, 0.717) is 0 Å². The molecule has 0 fully saturated rings. The van der Waals surface area contributed by atoms with Crippen LogP contribution < -0.4 is 0 Å². The summed E-state index contributed by atoms with van der Waals surface area (Å²) in [5.41, 5.74) is 4.18. The highest BCUT2D eigenvalue weighted by Crippen LogP contribution is 2.17. The Morgan fingerprint density at radius 2 is 1.54 bits per heavy atom. The molecule has 2 nitrogen and oxygen atoms in total. The van der Waals surface area contributed by atoms with Crippen molar-refractivity contribution in [3.05, 3.63) is 34.9 Å².